The number of hydrogen-bond donors (Lipinski definition) is 2. The highest BCUT2D eigenvalue weighted by Gasteiger charge is 2.44. The number of aryl methyl sites for hydroxylation is 1. The van der Waals surface area contributed by atoms with E-state index in [1.807, 2.05) is 37.5 Å². The van der Waals surface area contributed by atoms with Gasteiger partial charge in [-0.05, 0) is 43.2 Å². The summed E-state index contributed by atoms with van der Waals surface area (Å²) in [5, 5.41) is 9.58. The van der Waals surface area contributed by atoms with Crippen LogP contribution in [-0.2, 0) is 17.6 Å². The van der Waals surface area contributed by atoms with Gasteiger partial charge in [0.25, 0.3) is 0 Å². The first kappa shape index (κ1) is 26.4. The lowest BCUT2D eigenvalue weighted by molar-refractivity contribution is -0.172. The molecule has 38 heavy (non-hydrogen) atoms. The summed E-state index contributed by atoms with van der Waals surface area (Å²) >= 11 is 0. The monoisotopic (exact) mass is 526 g/mol. The number of nitrogens with one attached hydrogen (secondary N) is 2. The van der Waals surface area contributed by atoms with Crippen LogP contribution in [0.15, 0.2) is 59.4 Å². The highest BCUT2D eigenvalue weighted by Crippen LogP contribution is 2.37. The van der Waals surface area contributed by atoms with Crippen LogP contribution in [0, 0.1) is 11.8 Å². The van der Waals surface area contributed by atoms with Crippen LogP contribution in [0.3, 0.4) is 0 Å². The van der Waals surface area contributed by atoms with Crippen molar-refractivity contribution in [2.45, 2.75) is 31.4 Å². The van der Waals surface area contributed by atoms with Crippen LogP contribution in [0.2, 0.25) is 0 Å². The molecule has 3 heterocycles. The molecule has 1 aliphatic carbocycles. The number of allylic oxidation sites excluding steroid dienone is 2. The number of halogens is 3. The van der Waals surface area contributed by atoms with Gasteiger partial charge in [0.1, 0.15) is 0 Å². The number of alkyl halides is 3. The van der Waals surface area contributed by atoms with Crippen molar-refractivity contribution in [3.8, 4) is 0 Å². The van der Waals surface area contributed by atoms with Crippen LogP contribution >= 0.6 is 0 Å². The Hall–Kier alpha value is -3.24. The predicted octanol–water partition coefficient (Wildman–Crippen LogP) is 4.00. The number of H-pyrrole nitrogens is 1. The Morgan fingerprint density at radius 2 is 1.92 bits per heavy atom. The number of hydrogen-bond acceptors (Lipinski definition) is 5. The minimum atomic E-state index is -4.37. The third-order valence-electron chi connectivity index (χ3n) is 7.64. The minimum Gasteiger partial charge on any atom is -0.326 e. The average molecular weight is 527 g/mol. The van der Waals surface area contributed by atoms with E-state index in [-0.39, 0.29) is 23.9 Å². The predicted molar refractivity (Wildman–Crippen MR) is 140 cm³/mol. The molecule has 1 aromatic carbocycles. The molecule has 1 fully saturated rings. The number of aliphatic imine (C=N–C) groups is 1. The van der Waals surface area contributed by atoms with E-state index >= 15 is 0 Å². The SMILES string of the molecule is CN1CCN(CC2C=CC(NC(=O)CCc3ccc(C4C=Nc5[nH]ncc5C4)cc3)=CC2C(F)(F)F)CC1. The molecule has 2 aliphatic heterocycles. The molecule has 1 aromatic heterocycles. The van der Waals surface area contributed by atoms with E-state index in [2.05, 4.69) is 30.3 Å². The number of nitrogens with zero attached hydrogens (tertiary/aromatic N) is 4. The molecular formula is C28H33F3N6O. The molecule has 2 aromatic rings. The maximum Gasteiger partial charge on any atom is 0.395 e. The van der Waals surface area contributed by atoms with E-state index in [1.165, 1.54) is 6.08 Å². The number of benzene rings is 1. The highest BCUT2D eigenvalue weighted by atomic mass is 19.4. The van der Waals surface area contributed by atoms with E-state index in [0.29, 0.717) is 13.0 Å². The van der Waals surface area contributed by atoms with E-state index in [9.17, 15) is 18.0 Å². The van der Waals surface area contributed by atoms with Gasteiger partial charge in [-0.2, -0.15) is 18.3 Å². The summed E-state index contributed by atoms with van der Waals surface area (Å²) < 4.78 is 41.6. The lowest BCUT2D eigenvalue weighted by Crippen LogP contribution is -2.47. The van der Waals surface area contributed by atoms with Crippen molar-refractivity contribution in [3.05, 3.63) is 71.1 Å². The van der Waals surface area contributed by atoms with E-state index in [1.54, 1.807) is 18.3 Å². The van der Waals surface area contributed by atoms with Crippen molar-refractivity contribution in [3.63, 3.8) is 0 Å². The van der Waals surface area contributed by atoms with Crippen LogP contribution in [0.1, 0.15) is 29.0 Å². The van der Waals surface area contributed by atoms with E-state index in [0.717, 1.165) is 55.1 Å². The van der Waals surface area contributed by atoms with Crippen molar-refractivity contribution in [2.75, 3.05) is 39.8 Å². The summed E-state index contributed by atoms with van der Waals surface area (Å²) in [6.07, 6.45) is 5.25. The zero-order valence-corrected chi connectivity index (χ0v) is 21.4. The molecule has 5 rings (SSSR count). The van der Waals surface area contributed by atoms with Crippen LogP contribution in [0.4, 0.5) is 19.0 Å². The normalized spacial score (nSPS) is 24.2. The molecular weight excluding hydrogens is 493 g/mol. The van der Waals surface area contributed by atoms with Crippen molar-refractivity contribution in [1.82, 2.24) is 25.3 Å². The fraction of sp³-hybridized carbons (Fsp3) is 0.464. The van der Waals surface area contributed by atoms with Gasteiger partial charge in [0, 0.05) is 68.5 Å². The maximum absolute atomic E-state index is 13.9. The fourth-order valence-corrected chi connectivity index (χ4v) is 5.28. The summed E-state index contributed by atoms with van der Waals surface area (Å²) in [4.78, 5) is 21.3. The number of piperazine rings is 1. The first-order chi connectivity index (χ1) is 18.2. The van der Waals surface area contributed by atoms with Gasteiger partial charge in [0.15, 0.2) is 5.82 Å². The van der Waals surface area contributed by atoms with Gasteiger partial charge in [0.2, 0.25) is 5.91 Å². The van der Waals surface area contributed by atoms with Crippen LogP contribution < -0.4 is 5.32 Å². The second-order valence-electron chi connectivity index (χ2n) is 10.4. The maximum atomic E-state index is 13.9. The quantitative estimate of drug-likeness (QED) is 0.572. The van der Waals surface area contributed by atoms with Crippen molar-refractivity contribution in [2.24, 2.45) is 16.8 Å². The first-order valence-corrected chi connectivity index (χ1v) is 13.1. The zero-order chi connectivity index (χ0) is 26.7. The first-order valence-electron chi connectivity index (χ1n) is 13.1. The molecule has 10 heteroatoms. The Labute approximate surface area is 220 Å². The molecule has 3 aliphatic rings. The molecule has 2 N–H and O–H groups in total. The second-order valence-corrected chi connectivity index (χ2v) is 10.4. The molecule has 1 saturated heterocycles. The Morgan fingerprint density at radius 3 is 2.66 bits per heavy atom. The average Bonchev–Trinajstić information content (AvgIpc) is 3.37. The smallest absolute Gasteiger partial charge is 0.326 e. The largest absolute Gasteiger partial charge is 0.395 e. The summed E-state index contributed by atoms with van der Waals surface area (Å²) in [5.41, 5.74) is 3.44. The molecule has 3 atom stereocenters. The number of aromatic nitrogens is 2. The fourth-order valence-electron chi connectivity index (χ4n) is 5.28. The molecule has 202 valence electrons. The topological polar surface area (TPSA) is 76.6 Å². The van der Waals surface area contributed by atoms with Gasteiger partial charge in [-0.1, -0.05) is 30.3 Å². The van der Waals surface area contributed by atoms with Gasteiger partial charge in [-0.3, -0.25) is 9.89 Å². The van der Waals surface area contributed by atoms with E-state index in [4.69, 9.17) is 0 Å². The van der Waals surface area contributed by atoms with Crippen LogP contribution in [0.25, 0.3) is 0 Å². The van der Waals surface area contributed by atoms with Crippen molar-refractivity contribution in [1.29, 1.82) is 0 Å². The summed E-state index contributed by atoms with van der Waals surface area (Å²) in [6.45, 7) is 3.60. The van der Waals surface area contributed by atoms with Crippen LogP contribution in [-0.4, -0.2) is 78.1 Å². The third-order valence-corrected chi connectivity index (χ3v) is 7.64. The summed E-state index contributed by atoms with van der Waals surface area (Å²) in [7, 11) is 2.02. The van der Waals surface area contributed by atoms with Gasteiger partial charge in [0.05, 0.1) is 12.1 Å². The molecule has 7 nitrogen and oxygen atoms in total. The number of aromatic amines is 1. The minimum absolute atomic E-state index is 0.170. The lowest BCUT2D eigenvalue weighted by Gasteiger charge is -2.37. The zero-order valence-electron chi connectivity index (χ0n) is 21.4. The molecule has 1 amide bonds. The number of rotatable bonds is 7. The van der Waals surface area contributed by atoms with Crippen LogP contribution in [0.5, 0.6) is 0 Å². The number of fused-ring (bicyclic) bond motifs is 1. The Morgan fingerprint density at radius 1 is 1.16 bits per heavy atom. The van der Waals surface area contributed by atoms with E-state index < -0.39 is 18.0 Å². The molecule has 0 bridgehead atoms. The molecule has 3 unspecified atom stereocenters. The number of likely N-dealkylation sites (N-methyl/N-ethyl adjacent to an activating group) is 1. The number of carbonyl (C=O) groups is 1. The standard InChI is InChI=1S/C28H33F3N6O/c1-36-10-12-37(13-11-36)18-21-7-8-24(15-25(21)28(29,30)31)34-26(38)9-4-19-2-5-20(6-3-19)22-14-23-17-33-35-27(23)32-16-22/h2-3,5-8,15-17,21-22,25H,4,9-14,18H2,1H3,(H,33,35)(H,34,38). The third kappa shape index (κ3) is 6.42. The molecule has 0 spiro atoms. The van der Waals surface area contributed by atoms with Crippen molar-refractivity contribution >= 4 is 17.9 Å². The number of carbonyl (C=O) groups excluding carboxylic acids is 1. The summed E-state index contributed by atoms with van der Waals surface area (Å²) in [5.74, 6) is -1.60. The van der Waals surface area contributed by atoms with Gasteiger partial charge in [-0.25, -0.2) is 4.99 Å². The van der Waals surface area contributed by atoms with Gasteiger partial charge in [-0.15, -0.1) is 0 Å². The number of amides is 1. The molecule has 0 saturated carbocycles. The van der Waals surface area contributed by atoms with Gasteiger partial charge < -0.3 is 15.1 Å². The van der Waals surface area contributed by atoms with Gasteiger partial charge >= 0.3 is 6.18 Å². The highest BCUT2D eigenvalue weighted by molar-refractivity contribution is 5.78. The lowest BCUT2D eigenvalue weighted by atomic mass is 9.86. The molecule has 0 radical (unpaired) electrons. The Balaban J connectivity index is 1.13. The Kier molecular flexibility index (Phi) is 7.80. The Bertz CT molecular complexity index is 1210. The summed E-state index contributed by atoms with van der Waals surface area (Å²) in [6, 6.07) is 8.05. The second kappa shape index (κ2) is 11.2. The van der Waals surface area contributed by atoms with Crippen molar-refractivity contribution < 1.29 is 18.0 Å².